The number of rotatable bonds is 7. The van der Waals surface area contributed by atoms with Crippen LogP contribution in [0.2, 0.25) is 0 Å². The second-order valence-electron chi connectivity index (χ2n) is 8.32. The number of hydrogen-bond acceptors (Lipinski definition) is 2. The quantitative estimate of drug-likeness (QED) is 0.676. The van der Waals surface area contributed by atoms with Crippen LogP contribution in [0.15, 0.2) is 0 Å². The number of likely N-dealkylation sites (tertiary alicyclic amines) is 2. The summed E-state index contributed by atoms with van der Waals surface area (Å²) in [5.41, 5.74) is 0. The first-order valence-electron chi connectivity index (χ1n) is 10.1. The van der Waals surface area contributed by atoms with Gasteiger partial charge in [0.2, 0.25) is 0 Å². The minimum atomic E-state index is 0.799. The molecule has 0 saturated carbocycles. The molecule has 3 atom stereocenters. The average Bonchev–Trinajstić information content (AvgIpc) is 2.55. The monoisotopic (exact) mass is 308 g/mol. The Morgan fingerprint density at radius 3 is 2.50 bits per heavy atom. The van der Waals surface area contributed by atoms with Crippen LogP contribution in [-0.2, 0) is 0 Å². The summed E-state index contributed by atoms with van der Waals surface area (Å²) in [6, 6.07) is 0.799. The molecule has 130 valence electrons. The lowest BCUT2D eigenvalue weighted by Crippen LogP contribution is -2.42. The van der Waals surface area contributed by atoms with Crippen molar-refractivity contribution in [3.63, 3.8) is 0 Å². The van der Waals surface area contributed by atoms with Gasteiger partial charge in [-0.3, -0.25) is 0 Å². The first kappa shape index (κ1) is 18.3. The van der Waals surface area contributed by atoms with Gasteiger partial charge in [0.05, 0.1) is 0 Å². The highest BCUT2D eigenvalue weighted by molar-refractivity contribution is 4.79. The molecule has 0 amide bonds. The lowest BCUT2D eigenvalue weighted by molar-refractivity contribution is 0.101. The molecule has 0 N–H and O–H groups in total. The van der Waals surface area contributed by atoms with E-state index in [2.05, 4.69) is 37.5 Å². The normalized spacial score (nSPS) is 29.9. The summed E-state index contributed by atoms with van der Waals surface area (Å²) < 4.78 is 0. The van der Waals surface area contributed by atoms with Crippen LogP contribution in [-0.4, -0.2) is 48.6 Å². The van der Waals surface area contributed by atoms with Gasteiger partial charge in [-0.2, -0.15) is 0 Å². The Balaban J connectivity index is 1.65. The standard InChI is InChI=1S/C20H40N2/c1-5-21-13-7-11-19(15-21)10-6-9-18(4)22-14-8-12-20(16-22)17(2)3/h17-20H,5-16H2,1-4H3. The van der Waals surface area contributed by atoms with Crippen LogP contribution in [0.1, 0.15) is 72.6 Å². The van der Waals surface area contributed by atoms with E-state index < -0.39 is 0 Å². The molecule has 2 aliphatic heterocycles. The molecule has 2 rings (SSSR count). The van der Waals surface area contributed by atoms with E-state index in [-0.39, 0.29) is 0 Å². The second-order valence-corrected chi connectivity index (χ2v) is 8.32. The van der Waals surface area contributed by atoms with E-state index in [1.807, 2.05) is 0 Å². The van der Waals surface area contributed by atoms with Crippen molar-refractivity contribution in [3.05, 3.63) is 0 Å². The Kier molecular flexibility index (Phi) is 7.70. The van der Waals surface area contributed by atoms with E-state index in [9.17, 15) is 0 Å². The lowest BCUT2D eigenvalue weighted by atomic mass is 9.86. The largest absolute Gasteiger partial charge is 0.303 e. The molecule has 0 aromatic carbocycles. The molecule has 0 aromatic heterocycles. The van der Waals surface area contributed by atoms with E-state index in [0.717, 1.165) is 23.8 Å². The molecule has 0 aromatic rings. The molecular weight excluding hydrogens is 268 g/mol. The average molecular weight is 309 g/mol. The van der Waals surface area contributed by atoms with Gasteiger partial charge in [-0.1, -0.05) is 27.2 Å². The molecule has 2 aliphatic rings. The summed E-state index contributed by atoms with van der Waals surface area (Å²) in [6.45, 7) is 16.2. The van der Waals surface area contributed by atoms with Gasteiger partial charge < -0.3 is 9.80 Å². The van der Waals surface area contributed by atoms with E-state index in [1.165, 1.54) is 77.7 Å². The van der Waals surface area contributed by atoms with Gasteiger partial charge in [0.25, 0.3) is 0 Å². The van der Waals surface area contributed by atoms with Crippen molar-refractivity contribution in [2.24, 2.45) is 17.8 Å². The van der Waals surface area contributed by atoms with Gasteiger partial charge >= 0.3 is 0 Å². The highest BCUT2D eigenvalue weighted by Gasteiger charge is 2.25. The minimum absolute atomic E-state index is 0.799. The fraction of sp³-hybridized carbons (Fsp3) is 1.00. The molecule has 0 bridgehead atoms. The highest BCUT2D eigenvalue weighted by atomic mass is 15.2. The first-order valence-corrected chi connectivity index (χ1v) is 10.1. The Labute approximate surface area is 139 Å². The predicted molar refractivity (Wildman–Crippen MR) is 97.3 cm³/mol. The molecular formula is C20H40N2. The Morgan fingerprint density at radius 2 is 1.77 bits per heavy atom. The van der Waals surface area contributed by atoms with Crippen LogP contribution in [0.3, 0.4) is 0 Å². The number of piperidine rings is 2. The molecule has 0 aliphatic carbocycles. The van der Waals surface area contributed by atoms with Crippen molar-refractivity contribution in [2.75, 3.05) is 32.7 Å². The Morgan fingerprint density at radius 1 is 1.00 bits per heavy atom. The van der Waals surface area contributed by atoms with Crippen LogP contribution in [0.4, 0.5) is 0 Å². The van der Waals surface area contributed by atoms with E-state index in [1.54, 1.807) is 0 Å². The van der Waals surface area contributed by atoms with Gasteiger partial charge in [-0.15, -0.1) is 0 Å². The smallest absolute Gasteiger partial charge is 0.00670 e. The van der Waals surface area contributed by atoms with E-state index in [4.69, 9.17) is 0 Å². The fourth-order valence-corrected chi connectivity index (χ4v) is 4.54. The number of hydrogen-bond donors (Lipinski definition) is 0. The van der Waals surface area contributed by atoms with Crippen LogP contribution in [0.25, 0.3) is 0 Å². The molecule has 2 heterocycles. The lowest BCUT2D eigenvalue weighted by Gasteiger charge is -2.39. The molecule has 0 radical (unpaired) electrons. The Hall–Kier alpha value is -0.0800. The maximum absolute atomic E-state index is 2.79. The zero-order valence-corrected chi connectivity index (χ0v) is 15.7. The van der Waals surface area contributed by atoms with Gasteiger partial charge in [0, 0.05) is 19.1 Å². The first-order chi connectivity index (χ1) is 10.6. The fourth-order valence-electron chi connectivity index (χ4n) is 4.54. The SMILES string of the molecule is CCN1CCCC(CCCC(C)N2CCCC(C(C)C)C2)C1. The van der Waals surface area contributed by atoms with Crippen molar-refractivity contribution in [1.82, 2.24) is 9.80 Å². The van der Waals surface area contributed by atoms with E-state index >= 15 is 0 Å². The molecule has 2 heteroatoms. The van der Waals surface area contributed by atoms with Crippen molar-refractivity contribution < 1.29 is 0 Å². The predicted octanol–water partition coefficient (Wildman–Crippen LogP) is 4.65. The van der Waals surface area contributed by atoms with Gasteiger partial charge in [0.15, 0.2) is 0 Å². The van der Waals surface area contributed by atoms with Gasteiger partial charge in [-0.05, 0) is 82.8 Å². The maximum atomic E-state index is 2.79. The van der Waals surface area contributed by atoms with Crippen molar-refractivity contribution >= 4 is 0 Å². The van der Waals surface area contributed by atoms with Gasteiger partial charge in [0.1, 0.15) is 0 Å². The second kappa shape index (κ2) is 9.27. The zero-order valence-electron chi connectivity index (χ0n) is 15.7. The van der Waals surface area contributed by atoms with Crippen molar-refractivity contribution in [2.45, 2.75) is 78.7 Å². The summed E-state index contributed by atoms with van der Waals surface area (Å²) in [6.07, 6.45) is 10.1. The molecule has 22 heavy (non-hydrogen) atoms. The third kappa shape index (κ3) is 5.53. The molecule has 0 spiro atoms. The third-order valence-electron chi connectivity index (χ3n) is 6.34. The summed E-state index contributed by atoms with van der Waals surface area (Å²) in [7, 11) is 0. The zero-order chi connectivity index (χ0) is 15.9. The molecule has 2 saturated heterocycles. The third-order valence-corrected chi connectivity index (χ3v) is 6.34. The van der Waals surface area contributed by atoms with Crippen molar-refractivity contribution in [1.29, 1.82) is 0 Å². The molecule has 2 fully saturated rings. The summed E-state index contributed by atoms with van der Waals surface area (Å²) in [5, 5.41) is 0. The van der Waals surface area contributed by atoms with E-state index in [0.29, 0.717) is 0 Å². The van der Waals surface area contributed by atoms with Crippen LogP contribution in [0, 0.1) is 17.8 Å². The topological polar surface area (TPSA) is 6.48 Å². The summed E-state index contributed by atoms with van der Waals surface area (Å²) in [5.74, 6) is 2.77. The van der Waals surface area contributed by atoms with Crippen molar-refractivity contribution in [3.8, 4) is 0 Å². The van der Waals surface area contributed by atoms with Gasteiger partial charge in [-0.25, -0.2) is 0 Å². The van der Waals surface area contributed by atoms with Crippen LogP contribution >= 0.6 is 0 Å². The minimum Gasteiger partial charge on any atom is -0.303 e. The highest BCUT2D eigenvalue weighted by Crippen LogP contribution is 2.27. The molecule has 2 nitrogen and oxygen atoms in total. The number of nitrogens with zero attached hydrogens (tertiary/aromatic N) is 2. The van der Waals surface area contributed by atoms with Crippen LogP contribution < -0.4 is 0 Å². The Bertz CT molecular complexity index is 302. The summed E-state index contributed by atoms with van der Waals surface area (Å²) >= 11 is 0. The maximum Gasteiger partial charge on any atom is 0.00670 e. The van der Waals surface area contributed by atoms with Crippen LogP contribution in [0.5, 0.6) is 0 Å². The molecule has 3 unspecified atom stereocenters. The summed E-state index contributed by atoms with van der Waals surface area (Å²) in [4.78, 5) is 5.43.